The SMILES string of the molecule is Cc1ccc(NC(=O)c2ccc3oc(-c4ccncc4)nc3c2)cc1. The topological polar surface area (TPSA) is 68.0 Å². The van der Waals surface area contributed by atoms with Crippen molar-refractivity contribution in [3.05, 3.63) is 78.1 Å². The summed E-state index contributed by atoms with van der Waals surface area (Å²) in [5, 5.41) is 2.88. The Bertz CT molecular complexity index is 1040. The fraction of sp³-hybridized carbons (Fsp3) is 0.0500. The average molecular weight is 329 g/mol. The number of fused-ring (bicyclic) bond motifs is 1. The maximum absolute atomic E-state index is 12.4. The van der Waals surface area contributed by atoms with Gasteiger partial charge in [0.25, 0.3) is 5.91 Å². The third-order valence-corrected chi connectivity index (χ3v) is 3.89. The zero-order valence-electron chi connectivity index (χ0n) is 13.6. The molecule has 2 aromatic heterocycles. The van der Waals surface area contributed by atoms with E-state index in [1.807, 2.05) is 43.3 Å². The highest BCUT2D eigenvalue weighted by molar-refractivity contribution is 6.05. The van der Waals surface area contributed by atoms with Gasteiger partial charge in [0.05, 0.1) is 0 Å². The molecule has 0 fully saturated rings. The number of rotatable bonds is 3. The maximum Gasteiger partial charge on any atom is 0.255 e. The molecule has 0 bridgehead atoms. The van der Waals surface area contributed by atoms with Crippen LogP contribution in [0, 0.1) is 6.92 Å². The van der Waals surface area contributed by atoms with E-state index in [0.29, 0.717) is 22.6 Å². The molecule has 122 valence electrons. The molecule has 0 aliphatic heterocycles. The van der Waals surface area contributed by atoms with Crippen molar-refractivity contribution < 1.29 is 9.21 Å². The average Bonchev–Trinajstić information content (AvgIpc) is 3.07. The van der Waals surface area contributed by atoms with Crippen molar-refractivity contribution in [1.82, 2.24) is 9.97 Å². The molecule has 0 radical (unpaired) electrons. The Kier molecular flexibility index (Phi) is 3.74. The highest BCUT2D eigenvalue weighted by atomic mass is 16.3. The van der Waals surface area contributed by atoms with Gasteiger partial charge in [0.1, 0.15) is 5.52 Å². The molecule has 0 aliphatic rings. The Morgan fingerprint density at radius 2 is 1.76 bits per heavy atom. The summed E-state index contributed by atoms with van der Waals surface area (Å²) in [7, 11) is 0. The van der Waals surface area contributed by atoms with Crippen molar-refractivity contribution >= 4 is 22.7 Å². The second-order valence-corrected chi connectivity index (χ2v) is 5.76. The summed E-state index contributed by atoms with van der Waals surface area (Å²) in [6.07, 6.45) is 3.37. The number of nitrogens with one attached hydrogen (secondary N) is 1. The molecule has 0 aliphatic carbocycles. The number of carbonyl (C=O) groups is 1. The van der Waals surface area contributed by atoms with Crippen molar-refractivity contribution in [3.63, 3.8) is 0 Å². The van der Waals surface area contributed by atoms with E-state index in [4.69, 9.17) is 4.42 Å². The van der Waals surface area contributed by atoms with Crippen LogP contribution in [0.1, 0.15) is 15.9 Å². The first-order valence-electron chi connectivity index (χ1n) is 7.88. The van der Waals surface area contributed by atoms with E-state index in [2.05, 4.69) is 15.3 Å². The quantitative estimate of drug-likeness (QED) is 0.603. The fourth-order valence-corrected chi connectivity index (χ4v) is 2.53. The molecular weight excluding hydrogens is 314 g/mol. The van der Waals surface area contributed by atoms with Crippen LogP contribution in [-0.4, -0.2) is 15.9 Å². The molecule has 0 saturated carbocycles. The normalized spacial score (nSPS) is 10.8. The van der Waals surface area contributed by atoms with E-state index in [1.165, 1.54) is 0 Å². The molecule has 25 heavy (non-hydrogen) atoms. The summed E-state index contributed by atoms with van der Waals surface area (Å²) in [6, 6.07) is 16.5. The van der Waals surface area contributed by atoms with Gasteiger partial charge in [-0.15, -0.1) is 0 Å². The van der Waals surface area contributed by atoms with Crippen molar-refractivity contribution in [1.29, 1.82) is 0 Å². The van der Waals surface area contributed by atoms with Gasteiger partial charge in [-0.1, -0.05) is 17.7 Å². The molecule has 4 rings (SSSR count). The van der Waals surface area contributed by atoms with Crippen LogP contribution < -0.4 is 5.32 Å². The molecule has 1 amide bonds. The Hall–Kier alpha value is -3.47. The zero-order chi connectivity index (χ0) is 17.2. The Labute approximate surface area is 144 Å². The first-order valence-corrected chi connectivity index (χ1v) is 7.88. The van der Waals surface area contributed by atoms with E-state index >= 15 is 0 Å². The number of aryl methyl sites for hydroxylation is 1. The first-order chi connectivity index (χ1) is 12.2. The van der Waals surface area contributed by atoms with Crippen LogP contribution in [0.2, 0.25) is 0 Å². The lowest BCUT2D eigenvalue weighted by Crippen LogP contribution is -2.11. The predicted octanol–water partition coefficient (Wildman–Crippen LogP) is 4.45. The summed E-state index contributed by atoms with van der Waals surface area (Å²) in [6.45, 7) is 2.00. The molecule has 5 nitrogen and oxygen atoms in total. The largest absolute Gasteiger partial charge is 0.436 e. The number of carbonyl (C=O) groups excluding carboxylic acids is 1. The number of nitrogens with zero attached hydrogens (tertiary/aromatic N) is 2. The second-order valence-electron chi connectivity index (χ2n) is 5.76. The molecule has 5 heteroatoms. The molecular formula is C20H15N3O2. The molecule has 2 aromatic carbocycles. The van der Waals surface area contributed by atoms with Crippen LogP contribution in [0.15, 0.2) is 71.4 Å². The van der Waals surface area contributed by atoms with E-state index in [-0.39, 0.29) is 5.91 Å². The van der Waals surface area contributed by atoms with Gasteiger partial charge in [-0.3, -0.25) is 9.78 Å². The van der Waals surface area contributed by atoms with Crippen molar-refractivity contribution in [2.24, 2.45) is 0 Å². The van der Waals surface area contributed by atoms with E-state index in [9.17, 15) is 4.79 Å². The smallest absolute Gasteiger partial charge is 0.255 e. The van der Waals surface area contributed by atoms with Gasteiger partial charge >= 0.3 is 0 Å². The standard InChI is InChI=1S/C20H15N3O2/c1-13-2-5-16(6-3-13)22-19(24)15-4-7-18-17(12-15)23-20(25-18)14-8-10-21-11-9-14/h2-12H,1H3,(H,22,24). The maximum atomic E-state index is 12.4. The number of benzene rings is 2. The molecule has 0 spiro atoms. The van der Waals surface area contributed by atoms with Crippen molar-refractivity contribution in [2.45, 2.75) is 6.92 Å². The first kappa shape index (κ1) is 15.1. The number of pyridine rings is 1. The van der Waals surface area contributed by atoms with Gasteiger partial charge in [0.2, 0.25) is 5.89 Å². The highest BCUT2D eigenvalue weighted by Gasteiger charge is 2.12. The van der Waals surface area contributed by atoms with Gasteiger partial charge in [-0.05, 0) is 49.4 Å². The lowest BCUT2D eigenvalue weighted by Gasteiger charge is -2.05. The lowest BCUT2D eigenvalue weighted by atomic mass is 10.2. The Balaban J connectivity index is 1.62. The van der Waals surface area contributed by atoms with Crippen LogP contribution in [0.3, 0.4) is 0 Å². The number of anilines is 1. The minimum atomic E-state index is -0.181. The molecule has 2 heterocycles. The van der Waals surface area contributed by atoms with Crippen LogP contribution in [0.25, 0.3) is 22.6 Å². The third-order valence-electron chi connectivity index (χ3n) is 3.89. The van der Waals surface area contributed by atoms with Crippen molar-refractivity contribution in [3.8, 4) is 11.5 Å². The van der Waals surface area contributed by atoms with Crippen LogP contribution in [0.5, 0.6) is 0 Å². The summed E-state index contributed by atoms with van der Waals surface area (Å²) in [4.78, 5) is 20.9. The molecule has 1 N–H and O–H groups in total. The van der Waals surface area contributed by atoms with Gasteiger partial charge in [0, 0.05) is 29.2 Å². The van der Waals surface area contributed by atoms with E-state index in [1.54, 1.807) is 30.6 Å². The fourth-order valence-electron chi connectivity index (χ4n) is 2.53. The number of aromatic nitrogens is 2. The van der Waals surface area contributed by atoms with Gasteiger partial charge in [0.15, 0.2) is 5.58 Å². The third kappa shape index (κ3) is 3.12. The van der Waals surface area contributed by atoms with Crippen molar-refractivity contribution in [2.75, 3.05) is 5.32 Å². The Morgan fingerprint density at radius 1 is 1.00 bits per heavy atom. The number of hydrogen-bond donors (Lipinski definition) is 1. The molecule has 0 atom stereocenters. The minimum absolute atomic E-state index is 0.181. The minimum Gasteiger partial charge on any atom is -0.436 e. The monoisotopic (exact) mass is 329 g/mol. The van der Waals surface area contributed by atoms with Crippen LogP contribution >= 0.6 is 0 Å². The zero-order valence-corrected chi connectivity index (χ0v) is 13.6. The van der Waals surface area contributed by atoms with Gasteiger partial charge in [-0.2, -0.15) is 0 Å². The van der Waals surface area contributed by atoms with Crippen LogP contribution in [0.4, 0.5) is 5.69 Å². The summed E-state index contributed by atoms with van der Waals surface area (Å²) in [5.74, 6) is 0.327. The molecule has 0 unspecified atom stereocenters. The summed E-state index contributed by atoms with van der Waals surface area (Å²) < 4.78 is 5.75. The molecule has 4 aromatic rings. The molecule has 0 saturated heterocycles. The number of oxazole rings is 1. The van der Waals surface area contributed by atoms with Crippen LogP contribution in [-0.2, 0) is 0 Å². The van der Waals surface area contributed by atoms with Gasteiger partial charge < -0.3 is 9.73 Å². The van der Waals surface area contributed by atoms with E-state index in [0.717, 1.165) is 16.8 Å². The van der Waals surface area contributed by atoms with E-state index < -0.39 is 0 Å². The Morgan fingerprint density at radius 3 is 2.52 bits per heavy atom. The van der Waals surface area contributed by atoms with Gasteiger partial charge in [-0.25, -0.2) is 4.98 Å². The lowest BCUT2D eigenvalue weighted by molar-refractivity contribution is 0.102. The summed E-state index contributed by atoms with van der Waals surface area (Å²) >= 11 is 0. The highest BCUT2D eigenvalue weighted by Crippen LogP contribution is 2.24. The number of amides is 1. The predicted molar refractivity (Wildman–Crippen MR) is 96.4 cm³/mol. The summed E-state index contributed by atoms with van der Waals surface area (Å²) in [5.41, 5.74) is 4.56. The number of hydrogen-bond acceptors (Lipinski definition) is 4. The second kappa shape index (κ2) is 6.20.